The van der Waals surface area contributed by atoms with Crippen LogP contribution in [0.2, 0.25) is 0 Å². The maximum Gasteiger partial charge on any atom is 0.267 e. The zero-order chi connectivity index (χ0) is 18.2. The van der Waals surface area contributed by atoms with Crippen LogP contribution in [0, 0.1) is 19.8 Å². The number of hydrogen-bond acceptors (Lipinski definition) is 3. The molecule has 138 valence electrons. The molecule has 4 unspecified atom stereocenters. The van der Waals surface area contributed by atoms with Crippen LogP contribution in [0.5, 0.6) is 5.75 Å². The molecule has 2 aliphatic rings. The quantitative estimate of drug-likeness (QED) is 0.801. The predicted octanol–water partition coefficient (Wildman–Crippen LogP) is 3.66. The molecule has 4 nitrogen and oxygen atoms in total. The SMILES string of the molecule is CCCCC1(Oc2ccc(C)cc2C)C(=O)NC12CC(C)CCC2O. The van der Waals surface area contributed by atoms with E-state index in [0.29, 0.717) is 18.8 Å². The van der Waals surface area contributed by atoms with E-state index in [1.54, 1.807) is 0 Å². The van der Waals surface area contributed by atoms with Gasteiger partial charge in [-0.05, 0) is 63.5 Å². The third kappa shape index (κ3) is 2.84. The van der Waals surface area contributed by atoms with E-state index < -0.39 is 17.2 Å². The van der Waals surface area contributed by atoms with Gasteiger partial charge >= 0.3 is 0 Å². The van der Waals surface area contributed by atoms with Crippen LogP contribution in [-0.4, -0.2) is 28.3 Å². The van der Waals surface area contributed by atoms with E-state index in [4.69, 9.17) is 4.74 Å². The van der Waals surface area contributed by atoms with Gasteiger partial charge < -0.3 is 15.2 Å². The topological polar surface area (TPSA) is 58.6 Å². The molecule has 4 atom stereocenters. The van der Waals surface area contributed by atoms with Gasteiger partial charge in [-0.1, -0.05) is 38.0 Å². The van der Waals surface area contributed by atoms with E-state index in [-0.39, 0.29) is 5.91 Å². The van der Waals surface area contributed by atoms with Crippen LogP contribution < -0.4 is 10.1 Å². The normalized spacial score (nSPS) is 34.5. The Morgan fingerprint density at radius 1 is 1.32 bits per heavy atom. The van der Waals surface area contributed by atoms with E-state index in [2.05, 4.69) is 25.2 Å². The van der Waals surface area contributed by atoms with E-state index in [0.717, 1.165) is 37.0 Å². The minimum atomic E-state index is -0.961. The van der Waals surface area contributed by atoms with Crippen LogP contribution in [0.1, 0.15) is 63.5 Å². The van der Waals surface area contributed by atoms with Crippen LogP contribution in [-0.2, 0) is 4.79 Å². The molecule has 1 aromatic rings. The molecule has 1 heterocycles. The van der Waals surface area contributed by atoms with Gasteiger partial charge in [-0.2, -0.15) is 0 Å². The zero-order valence-electron chi connectivity index (χ0n) is 15.9. The Morgan fingerprint density at radius 2 is 2.08 bits per heavy atom. The number of ether oxygens (including phenoxy) is 1. The lowest BCUT2D eigenvalue weighted by Gasteiger charge is -2.62. The Labute approximate surface area is 151 Å². The number of hydrogen-bond donors (Lipinski definition) is 2. The van der Waals surface area contributed by atoms with Crippen molar-refractivity contribution >= 4 is 5.91 Å². The number of aliphatic hydroxyl groups excluding tert-OH is 1. The van der Waals surface area contributed by atoms with Crippen molar-refractivity contribution in [1.82, 2.24) is 5.32 Å². The first kappa shape index (κ1) is 18.2. The molecule has 1 amide bonds. The van der Waals surface area contributed by atoms with Crippen LogP contribution in [0.25, 0.3) is 0 Å². The molecule has 1 saturated carbocycles. The molecule has 0 aromatic heterocycles. The first-order valence-electron chi connectivity index (χ1n) is 9.61. The van der Waals surface area contributed by atoms with Gasteiger partial charge in [0.1, 0.15) is 11.3 Å². The molecular weight excluding hydrogens is 314 g/mol. The Kier molecular flexibility index (Phi) is 4.84. The fourth-order valence-corrected chi connectivity index (χ4v) is 4.64. The number of amides is 1. The Bertz CT molecular complexity index is 659. The van der Waals surface area contributed by atoms with Crippen molar-refractivity contribution in [3.63, 3.8) is 0 Å². The highest BCUT2D eigenvalue weighted by molar-refractivity contribution is 5.96. The molecule has 25 heavy (non-hydrogen) atoms. The summed E-state index contributed by atoms with van der Waals surface area (Å²) in [5.41, 5.74) is 0.585. The summed E-state index contributed by atoms with van der Waals surface area (Å²) in [4.78, 5) is 12.8. The van der Waals surface area contributed by atoms with E-state index in [1.165, 1.54) is 5.56 Å². The monoisotopic (exact) mass is 345 g/mol. The van der Waals surface area contributed by atoms with Gasteiger partial charge in [0.25, 0.3) is 5.91 Å². The number of carbonyl (C=O) groups excluding carboxylic acids is 1. The van der Waals surface area contributed by atoms with Crippen molar-refractivity contribution in [3.05, 3.63) is 29.3 Å². The van der Waals surface area contributed by atoms with Gasteiger partial charge in [0, 0.05) is 0 Å². The predicted molar refractivity (Wildman–Crippen MR) is 98.7 cm³/mol. The van der Waals surface area contributed by atoms with Crippen molar-refractivity contribution in [3.8, 4) is 5.75 Å². The van der Waals surface area contributed by atoms with Gasteiger partial charge in [0.15, 0.2) is 0 Å². The molecule has 1 spiro atoms. The van der Waals surface area contributed by atoms with Gasteiger partial charge in [-0.15, -0.1) is 0 Å². The summed E-state index contributed by atoms with van der Waals surface area (Å²) in [6, 6.07) is 6.04. The molecule has 1 aliphatic heterocycles. The van der Waals surface area contributed by atoms with Gasteiger partial charge in [0.2, 0.25) is 5.60 Å². The molecule has 1 saturated heterocycles. The molecule has 1 aromatic carbocycles. The highest BCUT2D eigenvalue weighted by Gasteiger charge is 2.71. The summed E-state index contributed by atoms with van der Waals surface area (Å²) in [6.45, 7) is 8.38. The van der Waals surface area contributed by atoms with Crippen molar-refractivity contribution in [2.45, 2.75) is 83.5 Å². The molecule has 1 aliphatic carbocycles. The lowest BCUT2D eigenvalue weighted by Crippen LogP contribution is -2.88. The minimum absolute atomic E-state index is 0.0749. The molecule has 0 bridgehead atoms. The summed E-state index contributed by atoms with van der Waals surface area (Å²) in [5, 5.41) is 13.9. The molecule has 2 N–H and O–H groups in total. The van der Waals surface area contributed by atoms with E-state index in [9.17, 15) is 9.90 Å². The van der Waals surface area contributed by atoms with Crippen molar-refractivity contribution < 1.29 is 14.6 Å². The van der Waals surface area contributed by atoms with Crippen molar-refractivity contribution in [2.75, 3.05) is 0 Å². The van der Waals surface area contributed by atoms with Crippen LogP contribution in [0.15, 0.2) is 18.2 Å². The second-order valence-electron chi connectivity index (χ2n) is 8.13. The van der Waals surface area contributed by atoms with Gasteiger partial charge in [0.05, 0.1) is 6.10 Å². The maximum atomic E-state index is 12.8. The highest BCUT2D eigenvalue weighted by Crippen LogP contribution is 2.50. The number of aryl methyl sites for hydroxylation is 2. The number of rotatable bonds is 5. The smallest absolute Gasteiger partial charge is 0.267 e. The average Bonchev–Trinajstić information content (AvgIpc) is 2.56. The lowest BCUT2D eigenvalue weighted by atomic mass is 9.58. The third-order valence-corrected chi connectivity index (χ3v) is 6.09. The lowest BCUT2D eigenvalue weighted by molar-refractivity contribution is -0.197. The van der Waals surface area contributed by atoms with E-state index in [1.807, 2.05) is 26.0 Å². The molecule has 3 rings (SSSR count). The summed E-state index contributed by atoms with van der Waals surface area (Å²) < 4.78 is 6.48. The van der Waals surface area contributed by atoms with E-state index >= 15 is 0 Å². The average molecular weight is 345 g/mol. The Morgan fingerprint density at radius 3 is 2.72 bits per heavy atom. The van der Waals surface area contributed by atoms with Gasteiger partial charge in [-0.25, -0.2) is 0 Å². The molecule has 0 radical (unpaired) electrons. The number of β-lactam (4-membered cyclic amide) rings is 1. The van der Waals surface area contributed by atoms with Crippen LogP contribution in [0.4, 0.5) is 0 Å². The largest absolute Gasteiger partial charge is 0.475 e. The van der Waals surface area contributed by atoms with Crippen molar-refractivity contribution in [1.29, 1.82) is 0 Å². The second kappa shape index (κ2) is 6.64. The standard InChI is InChI=1S/C21H31NO3/c1-5-6-11-21(25-17-9-7-14(2)12-16(17)4)19(24)22-20(21)13-15(3)8-10-18(20)23/h7,9,12,15,18,23H,5-6,8,10-11,13H2,1-4H3,(H,22,24). The van der Waals surface area contributed by atoms with Gasteiger partial charge in [-0.3, -0.25) is 4.79 Å². The Hall–Kier alpha value is -1.55. The zero-order valence-corrected chi connectivity index (χ0v) is 15.9. The third-order valence-electron chi connectivity index (χ3n) is 6.09. The summed E-state index contributed by atoms with van der Waals surface area (Å²) in [5.74, 6) is 1.14. The fraction of sp³-hybridized carbons (Fsp3) is 0.667. The Balaban J connectivity index is 2.00. The van der Waals surface area contributed by atoms with Crippen LogP contribution >= 0.6 is 0 Å². The molecular formula is C21H31NO3. The highest BCUT2D eigenvalue weighted by atomic mass is 16.5. The summed E-state index contributed by atoms with van der Waals surface area (Å²) in [6.07, 6.45) is 4.47. The molecule has 4 heteroatoms. The number of unbranched alkanes of at least 4 members (excludes halogenated alkanes) is 1. The maximum absolute atomic E-state index is 12.8. The second-order valence-corrected chi connectivity index (χ2v) is 8.13. The minimum Gasteiger partial charge on any atom is -0.475 e. The first-order chi connectivity index (χ1) is 11.8. The summed E-state index contributed by atoms with van der Waals surface area (Å²) in [7, 11) is 0. The molecule has 2 fully saturated rings. The van der Waals surface area contributed by atoms with Crippen molar-refractivity contribution in [2.24, 2.45) is 5.92 Å². The first-order valence-corrected chi connectivity index (χ1v) is 9.61. The number of nitrogens with one attached hydrogen (secondary N) is 1. The fourth-order valence-electron chi connectivity index (χ4n) is 4.64. The number of carbonyl (C=O) groups is 1. The number of aliphatic hydroxyl groups is 1. The number of benzene rings is 1. The van der Waals surface area contributed by atoms with Crippen LogP contribution in [0.3, 0.4) is 0 Å². The summed E-state index contributed by atoms with van der Waals surface area (Å²) >= 11 is 0.